The van der Waals surface area contributed by atoms with Gasteiger partial charge in [-0.1, -0.05) is 0 Å². The number of nitrogens with zero attached hydrogens (tertiary/aromatic N) is 1. The van der Waals surface area contributed by atoms with Crippen LogP contribution in [0.4, 0.5) is 0 Å². The van der Waals surface area contributed by atoms with Gasteiger partial charge in [-0.3, -0.25) is 9.59 Å². The Bertz CT molecular complexity index is 333. The number of hydrogen-bond acceptors (Lipinski definition) is 4. The van der Waals surface area contributed by atoms with E-state index in [4.69, 9.17) is 0 Å². The molecule has 0 radical (unpaired) electrons. The summed E-state index contributed by atoms with van der Waals surface area (Å²) in [6.07, 6.45) is 1.70. The van der Waals surface area contributed by atoms with Gasteiger partial charge in [0.25, 0.3) is 0 Å². The maximum atomic E-state index is 12.1. The van der Waals surface area contributed by atoms with Gasteiger partial charge in [0.1, 0.15) is 5.41 Å². The second kappa shape index (κ2) is 3.45. The van der Waals surface area contributed by atoms with Gasteiger partial charge in [-0.25, -0.2) is 0 Å². The molecule has 2 fully saturated rings. The van der Waals surface area contributed by atoms with Crippen molar-refractivity contribution in [2.45, 2.75) is 31.8 Å². The topological polar surface area (TPSA) is 66.8 Å². The van der Waals surface area contributed by atoms with E-state index in [2.05, 4.69) is 4.74 Å². The minimum atomic E-state index is -0.935. The first-order valence-electron chi connectivity index (χ1n) is 5.51. The third-order valence-corrected chi connectivity index (χ3v) is 3.47. The molecule has 1 atom stereocenters. The number of esters is 1. The van der Waals surface area contributed by atoms with Gasteiger partial charge in [0, 0.05) is 13.1 Å². The Kier molecular flexibility index (Phi) is 2.45. The molecule has 1 unspecified atom stereocenters. The van der Waals surface area contributed by atoms with Crippen LogP contribution < -0.4 is 0 Å². The normalized spacial score (nSPS) is 31.3. The van der Waals surface area contributed by atoms with Crippen LogP contribution in [0.5, 0.6) is 0 Å². The number of hydrogen-bond donors (Lipinski definition) is 1. The zero-order valence-electron chi connectivity index (χ0n) is 9.65. The second-order valence-electron chi connectivity index (χ2n) is 5.05. The molecule has 5 heteroatoms. The minimum Gasteiger partial charge on any atom is -0.468 e. The number of carbonyl (C=O) groups is 2. The van der Waals surface area contributed by atoms with Crippen molar-refractivity contribution in [3.63, 3.8) is 0 Å². The molecule has 1 saturated heterocycles. The lowest BCUT2D eigenvalue weighted by Gasteiger charge is -2.22. The van der Waals surface area contributed by atoms with Crippen LogP contribution in [-0.2, 0) is 14.3 Å². The molecule has 1 heterocycles. The van der Waals surface area contributed by atoms with Gasteiger partial charge in [-0.15, -0.1) is 0 Å². The second-order valence-corrected chi connectivity index (χ2v) is 5.05. The fraction of sp³-hybridized carbons (Fsp3) is 0.818. The molecule has 0 aromatic carbocycles. The van der Waals surface area contributed by atoms with Crippen LogP contribution >= 0.6 is 0 Å². The Morgan fingerprint density at radius 2 is 1.94 bits per heavy atom. The highest BCUT2D eigenvalue weighted by atomic mass is 16.5. The number of likely N-dealkylation sites (tertiary alicyclic amines) is 1. The summed E-state index contributed by atoms with van der Waals surface area (Å²) in [4.78, 5) is 25.2. The molecule has 1 N–H and O–H groups in total. The molecule has 0 bridgehead atoms. The van der Waals surface area contributed by atoms with Gasteiger partial charge in [0.15, 0.2) is 0 Å². The van der Waals surface area contributed by atoms with Crippen LogP contribution in [-0.4, -0.2) is 47.7 Å². The molecule has 1 aliphatic heterocycles. The first-order chi connectivity index (χ1) is 7.41. The van der Waals surface area contributed by atoms with E-state index in [0.717, 1.165) is 0 Å². The van der Waals surface area contributed by atoms with Crippen LogP contribution in [0.15, 0.2) is 0 Å². The maximum Gasteiger partial charge on any atom is 0.321 e. The van der Waals surface area contributed by atoms with E-state index >= 15 is 0 Å². The third-order valence-electron chi connectivity index (χ3n) is 3.47. The van der Waals surface area contributed by atoms with E-state index in [1.807, 2.05) is 0 Å². The van der Waals surface area contributed by atoms with Crippen molar-refractivity contribution in [1.29, 1.82) is 0 Å². The number of ether oxygens (including phenoxy) is 1. The predicted octanol–water partition coefficient (Wildman–Crippen LogP) is -0.0771. The van der Waals surface area contributed by atoms with E-state index in [9.17, 15) is 14.7 Å². The highest BCUT2D eigenvalue weighted by Crippen LogP contribution is 2.49. The standard InChI is InChI=1S/C11H17NO4/c1-10(15)5-6-12(7-10)8(13)11(3-4-11)9(14)16-2/h15H,3-7H2,1-2H3. The highest BCUT2D eigenvalue weighted by Gasteiger charge is 2.60. The fourth-order valence-electron chi connectivity index (χ4n) is 2.25. The van der Waals surface area contributed by atoms with Crippen LogP contribution in [0.1, 0.15) is 26.2 Å². The van der Waals surface area contributed by atoms with Crippen molar-refractivity contribution in [2.75, 3.05) is 20.2 Å². The van der Waals surface area contributed by atoms with E-state index < -0.39 is 17.0 Å². The molecule has 90 valence electrons. The number of aliphatic hydroxyl groups is 1. The number of amides is 1. The third kappa shape index (κ3) is 1.69. The zero-order valence-corrected chi connectivity index (χ0v) is 9.65. The summed E-state index contributed by atoms with van der Waals surface area (Å²) in [7, 11) is 1.30. The molecule has 16 heavy (non-hydrogen) atoms. The molecule has 0 aromatic heterocycles. The molecule has 1 amide bonds. The highest BCUT2D eigenvalue weighted by molar-refractivity contribution is 6.05. The first kappa shape index (κ1) is 11.4. The molecule has 2 rings (SSSR count). The zero-order chi connectivity index (χ0) is 12.0. The Morgan fingerprint density at radius 1 is 1.31 bits per heavy atom. The first-order valence-corrected chi connectivity index (χ1v) is 5.51. The van der Waals surface area contributed by atoms with E-state index in [0.29, 0.717) is 32.4 Å². The van der Waals surface area contributed by atoms with Gasteiger partial charge in [0.2, 0.25) is 5.91 Å². The maximum absolute atomic E-state index is 12.1. The summed E-state index contributed by atoms with van der Waals surface area (Å²) < 4.78 is 4.66. The molecular weight excluding hydrogens is 210 g/mol. The predicted molar refractivity (Wildman–Crippen MR) is 55.5 cm³/mol. The van der Waals surface area contributed by atoms with Crippen molar-refractivity contribution in [3.05, 3.63) is 0 Å². The number of carbonyl (C=O) groups excluding carboxylic acids is 2. The Morgan fingerprint density at radius 3 is 2.31 bits per heavy atom. The Balaban J connectivity index is 2.07. The number of rotatable bonds is 2. The quantitative estimate of drug-likeness (QED) is 0.529. The largest absolute Gasteiger partial charge is 0.468 e. The summed E-state index contributed by atoms with van der Waals surface area (Å²) in [5.74, 6) is -0.624. The SMILES string of the molecule is COC(=O)C1(C(=O)N2CCC(C)(O)C2)CC1. The summed E-state index contributed by atoms with van der Waals surface area (Å²) in [6.45, 7) is 2.53. The summed E-state index contributed by atoms with van der Waals surface area (Å²) in [6, 6.07) is 0. The van der Waals surface area contributed by atoms with Gasteiger partial charge in [-0.2, -0.15) is 0 Å². The van der Waals surface area contributed by atoms with Crippen LogP contribution in [0.2, 0.25) is 0 Å². The molecule has 0 spiro atoms. The Hall–Kier alpha value is -1.10. The van der Waals surface area contributed by atoms with Crippen molar-refractivity contribution in [3.8, 4) is 0 Å². The number of methoxy groups -OCH3 is 1. The lowest BCUT2D eigenvalue weighted by Crippen LogP contribution is -2.42. The molecule has 1 saturated carbocycles. The van der Waals surface area contributed by atoms with Crippen molar-refractivity contribution in [1.82, 2.24) is 4.90 Å². The molecule has 5 nitrogen and oxygen atoms in total. The lowest BCUT2D eigenvalue weighted by molar-refractivity contribution is -0.156. The average Bonchev–Trinajstić information content (AvgIpc) is 2.96. The van der Waals surface area contributed by atoms with Crippen LogP contribution in [0, 0.1) is 5.41 Å². The summed E-state index contributed by atoms with van der Waals surface area (Å²) in [5.41, 5.74) is -1.75. The van der Waals surface area contributed by atoms with Gasteiger partial charge < -0.3 is 14.7 Å². The average molecular weight is 227 g/mol. The fourth-order valence-corrected chi connectivity index (χ4v) is 2.25. The van der Waals surface area contributed by atoms with Crippen molar-refractivity contribution < 1.29 is 19.4 Å². The van der Waals surface area contributed by atoms with Crippen molar-refractivity contribution >= 4 is 11.9 Å². The molecule has 1 aliphatic carbocycles. The molecular formula is C11H17NO4. The lowest BCUT2D eigenvalue weighted by atomic mass is 10.1. The summed E-state index contributed by atoms with van der Waals surface area (Å²) >= 11 is 0. The van der Waals surface area contributed by atoms with E-state index in [1.54, 1.807) is 11.8 Å². The monoisotopic (exact) mass is 227 g/mol. The Labute approximate surface area is 94.4 Å². The minimum absolute atomic E-state index is 0.183. The van der Waals surface area contributed by atoms with Crippen molar-refractivity contribution in [2.24, 2.45) is 5.41 Å². The molecule has 0 aromatic rings. The van der Waals surface area contributed by atoms with Gasteiger partial charge in [0.05, 0.1) is 12.7 Å². The van der Waals surface area contributed by atoms with Crippen LogP contribution in [0.3, 0.4) is 0 Å². The van der Waals surface area contributed by atoms with E-state index in [-0.39, 0.29) is 5.91 Å². The molecule has 2 aliphatic rings. The number of β-amino-alcohol motifs (C(OH)–C–C–N with tert-alkyl or cyclic N) is 1. The van der Waals surface area contributed by atoms with Gasteiger partial charge in [-0.05, 0) is 26.2 Å². The summed E-state index contributed by atoms with van der Waals surface area (Å²) in [5, 5.41) is 9.79. The van der Waals surface area contributed by atoms with Crippen LogP contribution in [0.25, 0.3) is 0 Å². The van der Waals surface area contributed by atoms with E-state index in [1.165, 1.54) is 7.11 Å². The van der Waals surface area contributed by atoms with Gasteiger partial charge >= 0.3 is 5.97 Å². The smallest absolute Gasteiger partial charge is 0.321 e.